The number of pyridine rings is 2. The lowest BCUT2D eigenvalue weighted by Gasteiger charge is -2.30. The molecule has 1 unspecified atom stereocenters. The Morgan fingerprint density at radius 3 is 3.26 bits per heavy atom. The highest BCUT2D eigenvalue weighted by atomic mass is 16.5. The van der Waals surface area contributed by atoms with Crippen molar-refractivity contribution in [2.75, 3.05) is 38.6 Å². The van der Waals surface area contributed by atoms with Crippen LogP contribution in [-0.4, -0.2) is 54.3 Å². The molecule has 5 heteroatoms. The average Bonchev–Trinajstić information content (AvgIpc) is 2.45. The number of anilines is 1. The first kappa shape index (κ1) is 12.3. The van der Waals surface area contributed by atoms with Gasteiger partial charge in [-0.15, -0.1) is 0 Å². The third kappa shape index (κ3) is 3.00. The van der Waals surface area contributed by atoms with Crippen LogP contribution in [0.5, 0.6) is 0 Å². The molecule has 0 amide bonds. The summed E-state index contributed by atoms with van der Waals surface area (Å²) in [5, 5.41) is 4.38. The summed E-state index contributed by atoms with van der Waals surface area (Å²) >= 11 is 0. The molecule has 1 aliphatic heterocycles. The molecule has 0 saturated carbocycles. The van der Waals surface area contributed by atoms with Crippen molar-refractivity contribution in [2.24, 2.45) is 0 Å². The van der Waals surface area contributed by atoms with Crippen molar-refractivity contribution in [3.8, 4) is 0 Å². The summed E-state index contributed by atoms with van der Waals surface area (Å²) in [6, 6.07) is 7.95. The van der Waals surface area contributed by atoms with E-state index in [-0.39, 0.29) is 6.10 Å². The van der Waals surface area contributed by atoms with Crippen LogP contribution in [0.2, 0.25) is 0 Å². The summed E-state index contributed by atoms with van der Waals surface area (Å²) in [6.45, 7) is 3.54. The molecule has 0 bridgehead atoms. The Kier molecular flexibility index (Phi) is 3.57. The van der Waals surface area contributed by atoms with E-state index >= 15 is 0 Å². The van der Waals surface area contributed by atoms with Crippen LogP contribution in [0.25, 0.3) is 11.0 Å². The Balaban J connectivity index is 1.64. The molecule has 100 valence electrons. The van der Waals surface area contributed by atoms with E-state index in [4.69, 9.17) is 4.74 Å². The molecule has 2 aromatic heterocycles. The molecule has 0 aromatic carbocycles. The van der Waals surface area contributed by atoms with Gasteiger partial charge in [0.05, 0.1) is 12.7 Å². The lowest BCUT2D eigenvalue weighted by molar-refractivity contribution is -0.0117. The van der Waals surface area contributed by atoms with Crippen LogP contribution in [0.15, 0.2) is 30.5 Å². The molecule has 1 atom stereocenters. The van der Waals surface area contributed by atoms with E-state index < -0.39 is 0 Å². The number of aromatic nitrogens is 2. The van der Waals surface area contributed by atoms with E-state index in [1.165, 1.54) is 0 Å². The van der Waals surface area contributed by atoms with E-state index in [0.29, 0.717) is 0 Å². The van der Waals surface area contributed by atoms with Crippen molar-refractivity contribution in [1.82, 2.24) is 14.9 Å². The average molecular weight is 258 g/mol. The summed E-state index contributed by atoms with van der Waals surface area (Å²) in [7, 11) is 2.12. The monoisotopic (exact) mass is 258 g/mol. The summed E-state index contributed by atoms with van der Waals surface area (Å²) in [5.41, 5.74) is 0.772. The number of morpholine rings is 1. The summed E-state index contributed by atoms with van der Waals surface area (Å²) in [4.78, 5) is 11.0. The van der Waals surface area contributed by atoms with E-state index in [9.17, 15) is 0 Å². The molecular formula is C14H18N4O. The topological polar surface area (TPSA) is 50.3 Å². The molecule has 1 N–H and O–H groups in total. The summed E-state index contributed by atoms with van der Waals surface area (Å²) < 4.78 is 5.71. The van der Waals surface area contributed by atoms with E-state index in [1.54, 1.807) is 6.20 Å². The number of hydrogen-bond donors (Lipinski definition) is 1. The minimum Gasteiger partial charge on any atom is -0.374 e. The Morgan fingerprint density at radius 1 is 1.42 bits per heavy atom. The zero-order chi connectivity index (χ0) is 13.1. The maximum Gasteiger partial charge on any atom is 0.161 e. The Hall–Kier alpha value is -1.72. The maximum absolute atomic E-state index is 5.71. The first-order valence-corrected chi connectivity index (χ1v) is 6.57. The predicted octanol–water partition coefficient (Wildman–Crippen LogP) is 1.37. The van der Waals surface area contributed by atoms with E-state index in [1.807, 2.05) is 24.3 Å². The molecule has 1 fully saturated rings. The van der Waals surface area contributed by atoms with Crippen LogP contribution in [-0.2, 0) is 4.74 Å². The predicted molar refractivity (Wildman–Crippen MR) is 75.3 cm³/mol. The number of fused-ring (bicyclic) bond motifs is 1. The van der Waals surface area contributed by atoms with Gasteiger partial charge in [-0.25, -0.2) is 9.97 Å². The third-order valence-electron chi connectivity index (χ3n) is 3.32. The van der Waals surface area contributed by atoms with Gasteiger partial charge in [-0.2, -0.15) is 0 Å². The fourth-order valence-electron chi connectivity index (χ4n) is 2.26. The van der Waals surface area contributed by atoms with Gasteiger partial charge in [-0.1, -0.05) is 0 Å². The molecule has 1 aliphatic rings. The highest BCUT2D eigenvalue weighted by Gasteiger charge is 2.17. The fraction of sp³-hybridized carbons (Fsp3) is 0.429. The molecule has 3 heterocycles. The molecule has 0 spiro atoms. The number of nitrogens with one attached hydrogen (secondary N) is 1. The lowest BCUT2D eigenvalue weighted by atomic mass is 10.2. The number of ether oxygens (including phenoxy) is 1. The second-order valence-electron chi connectivity index (χ2n) is 4.88. The standard InChI is InChI=1S/C14H18N4O/c1-18-7-8-19-12(10-18)9-16-13-5-4-11-3-2-6-15-14(11)17-13/h2-6,12H,7-10H2,1H3,(H,15,16,17). The third-order valence-corrected chi connectivity index (χ3v) is 3.32. The van der Waals surface area contributed by atoms with Gasteiger partial charge in [0.15, 0.2) is 5.65 Å². The van der Waals surface area contributed by atoms with Crippen LogP contribution < -0.4 is 5.32 Å². The van der Waals surface area contributed by atoms with Crippen molar-refractivity contribution in [3.63, 3.8) is 0 Å². The van der Waals surface area contributed by atoms with Gasteiger partial charge < -0.3 is 15.0 Å². The van der Waals surface area contributed by atoms with Gasteiger partial charge >= 0.3 is 0 Å². The summed E-state index contributed by atoms with van der Waals surface area (Å²) in [6.07, 6.45) is 1.98. The molecule has 1 saturated heterocycles. The minimum atomic E-state index is 0.222. The van der Waals surface area contributed by atoms with Crippen molar-refractivity contribution >= 4 is 16.9 Å². The van der Waals surface area contributed by atoms with Crippen LogP contribution in [0, 0.1) is 0 Å². The van der Waals surface area contributed by atoms with Gasteiger partial charge in [-0.3, -0.25) is 0 Å². The quantitative estimate of drug-likeness (QED) is 0.901. The van der Waals surface area contributed by atoms with Crippen molar-refractivity contribution in [3.05, 3.63) is 30.5 Å². The van der Waals surface area contributed by atoms with Crippen LogP contribution in [0.4, 0.5) is 5.82 Å². The molecule has 0 radical (unpaired) electrons. The van der Waals surface area contributed by atoms with Crippen LogP contribution in [0.3, 0.4) is 0 Å². The van der Waals surface area contributed by atoms with Gasteiger partial charge in [-0.05, 0) is 31.3 Å². The normalized spacial score (nSPS) is 20.6. The molecule has 0 aliphatic carbocycles. The second-order valence-corrected chi connectivity index (χ2v) is 4.88. The second kappa shape index (κ2) is 5.50. The lowest BCUT2D eigenvalue weighted by Crippen LogP contribution is -2.43. The first-order valence-electron chi connectivity index (χ1n) is 6.57. The smallest absolute Gasteiger partial charge is 0.161 e. The van der Waals surface area contributed by atoms with E-state index in [2.05, 4.69) is 27.2 Å². The molecule has 5 nitrogen and oxygen atoms in total. The zero-order valence-corrected chi connectivity index (χ0v) is 11.0. The number of rotatable bonds is 3. The maximum atomic E-state index is 5.71. The Labute approximate surface area is 112 Å². The van der Waals surface area contributed by atoms with Crippen LogP contribution in [0.1, 0.15) is 0 Å². The van der Waals surface area contributed by atoms with Crippen molar-refractivity contribution < 1.29 is 4.74 Å². The number of hydrogen-bond acceptors (Lipinski definition) is 5. The number of nitrogens with zero attached hydrogens (tertiary/aromatic N) is 3. The highest BCUT2D eigenvalue weighted by molar-refractivity contribution is 5.76. The largest absolute Gasteiger partial charge is 0.374 e. The molecular weight excluding hydrogens is 240 g/mol. The SMILES string of the molecule is CN1CCOC(CNc2ccc3cccnc3n2)C1. The Bertz CT molecular complexity index is 560. The first-order chi connectivity index (χ1) is 9.31. The Morgan fingerprint density at radius 2 is 2.37 bits per heavy atom. The molecule has 3 rings (SSSR count). The fourth-order valence-corrected chi connectivity index (χ4v) is 2.26. The minimum absolute atomic E-state index is 0.222. The zero-order valence-electron chi connectivity index (χ0n) is 11.0. The highest BCUT2D eigenvalue weighted by Crippen LogP contribution is 2.13. The summed E-state index contributed by atoms with van der Waals surface area (Å²) in [5.74, 6) is 0.850. The number of likely N-dealkylation sites (N-methyl/N-ethyl adjacent to an activating group) is 1. The van der Waals surface area contributed by atoms with Gasteiger partial charge in [0.25, 0.3) is 0 Å². The van der Waals surface area contributed by atoms with Crippen molar-refractivity contribution in [2.45, 2.75) is 6.10 Å². The molecule has 19 heavy (non-hydrogen) atoms. The van der Waals surface area contributed by atoms with Gasteiger partial charge in [0.2, 0.25) is 0 Å². The van der Waals surface area contributed by atoms with Gasteiger partial charge in [0.1, 0.15) is 5.82 Å². The molecule has 2 aromatic rings. The van der Waals surface area contributed by atoms with Gasteiger partial charge in [0, 0.05) is 31.2 Å². The van der Waals surface area contributed by atoms with Crippen molar-refractivity contribution in [1.29, 1.82) is 0 Å². The van der Waals surface area contributed by atoms with Crippen LogP contribution >= 0.6 is 0 Å². The van der Waals surface area contributed by atoms with E-state index in [0.717, 1.165) is 43.1 Å².